The van der Waals surface area contributed by atoms with Crippen LogP contribution in [0.3, 0.4) is 0 Å². The number of pyridine rings is 1. The maximum Gasteiger partial charge on any atom is 0.276 e. The van der Waals surface area contributed by atoms with E-state index in [1.54, 1.807) is 31.5 Å². The highest BCUT2D eigenvalue weighted by atomic mass is 16.7. The van der Waals surface area contributed by atoms with E-state index in [0.717, 1.165) is 11.5 Å². The summed E-state index contributed by atoms with van der Waals surface area (Å²) >= 11 is 0. The average Bonchev–Trinajstić information content (AvgIpc) is 3.10. The second-order valence-electron chi connectivity index (χ2n) is 4.94. The summed E-state index contributed by atoms with van der Waals surface area (Å²) in [6.07, 6.45) is 3.63. The summed E-state index contributed by atoms with van der Waals surface area (Å²) in [5.74, 6) is 2.03. The summed E-state index contributed by atoms with van der Waals surface area (Å²) in [4.78, 5) is 9.81. The van der Waals surface area contributed by atoms with Crippen LogP contribution in [0.1, 0.15) is 5.69 Å². The number of anilines is 1. The molecule has 3 rings (SSSR count). The Labute approximate surface area is 139 Å². The van der Waals surface area contributed by atoms with Crippen molar-refractivity contribution in [3.8, 4) is 11.6 Å². The Kier molecular flexibility index (Phi) is 5.07. The second kappa shape index (κ2) is 7.60. The van der Waals surface area contributed by atoms with Crippen LogP contribution in [0.2, 0.25) is 0 Å². The van der Waals surface area contributed by atoms with E-state index in [9.17, 15) is 0 Å². The van der Waals surface area contributed by atoms with E-state index in [1.807, 2.05) is 24.3 Å². The van der Waals surface area contributed by atoms with Gasteiger partial charge >= 0.3 is 0 Å². The molecule has 0 unspecified atom stereocenters. The zero-order valence-corrected chi connectivity index (χ0v) is 13.5. The maximum absolute atomic E-state index is 5.64. The number of hydroxylamine groups is 1. The van der Waals surface area contributed by atoms with Crippen LogP contribution in [0.4, 0.5) is 5.82 Å². The molecule has 2 aromatic rings. The van der Waals surface area contributed by atoms with Crippen molar-refractivity contribution in [2.24, 2.45) is 0 Å². The monoisotopic (exact) mass is 330 g/mol. The van der Waals surface area contributed by atoms with E-state index in [1.165, 1.54) is 0 Å². The molecular formula is C16H18N4O4. The molecule has 0 fully saturated rings. The topological polar surface area (TPSA) is 78.8 Å². The fourth-order valence-electron chi connectivity index (χ4n) is 2.12. The van der Waals surface area contributed by atoms with Gasteiger partial charge in [-0.05, 0) is 18.2 Å². The standard InChI is InChI=1S/C16H18N4O4/c1-21-11-13-6-8-20(24-13)15-9-14(22-2)16(19-18-15)23-10-12-5-3-4-7-17-12/h3-7,9H,8,10-11H2,1-2H3. The Bertz CT molecular complexity index is 708. The molecule has 0 saturated carbocycles. The Hall–Kier alpha value is -2.87. The van der Waals surface area contributed by atoms with E-state index in [-0.39, 0.29) is 6.61 Å². The van der Waals surface area contributed by atoms with Crippen molar-refractivity contribution in [2.45, 2.75) is 6.61 Å². The van der Waals surface area contributed by atoms with E-state index < -0.39 is 0 Å². The van der Waals surface area contributed by atoms with Gasteiger partial charge in [-0.25, -0.2) is 0 Å². The van der Waals surface area contributed by atoms with Gasteiger partial charge < -0.3 is 19.0 Å². The van der Waals surface area contributed by atoms with Crippen LogP contribution in [-0.2, 0) is 16.2 Å². The molecule has 0 amide bonds. The summed E-state index contributed by atoms with van der Waals surface area (Å²) in [5, 5.41) is 9.81. The number of hydrogen-bond donors (Lipinski definition) is 0. The highest BCUT2D eigenvalue weighted by molar-refractivity contribution is 5.46. The Morgan fingerprint density at radius 2 is 2.12 bits per heavy atom. The largest absolute Gasteiger partial charge is 0.491 e. The highest BCUT2D eigenvalue weighted by Gasteiger charge is 2.20. The van der Waals surface area contributed by atoms with Crippen molar-refractivity contribution in [3.63, 3.8) is 0 Å². The Morgan fingerprint density at radius 1 is 1.21 bits per heavy atom. The number of aromatic nitrogens is 3. The van der Waals surface area contributed by atoms with Gasteiger partial charge in [0.25, 0.3) is 5.88 Å². The zero-order chi connectivity index (χ0) is 16.8. The summed E-state index contributed by atoms with van der Waals surface area (Å²) < 4.78 is 16.0. The number of hydrogen-bond acceptors (Lipinski definition) is 8. The van der Waals surface area contributed by atoms with Crippen LogP contribution < -0.4 is 14.5 Å². The van der Waals surface area contributed by atoms with E-state index in [2.05, 4.69) is 15.2 Å². The quantitative estimate of drug-likeness (QED) is 0.759. The van der Waals surface area contributed by atoms with Crippen molar-refractivity contribution in [2.75, 3.05) is 32.4 Å². The van der Waals surface area contributed by atoms with Crippen molar-refractivity contribution >= 4 is 5.82 Å². The molecule has 1 aliphatic heterocycles. The van der Waals surface area contributed by atoms with Gasteiger partial charge in [-0.1, -0.05) is 6.07 Å². The van der Waals surface area contributed by atoms with Crippen LogP contribution in [0.25, 0.3) is 0 Å². The second-order valence-corrected chi connectivity index (χ2v) is 4.94. The molecule has 1 aliphatic rings. The molecule has 0 saturated heterocycles. The van der Waals surface area contributed by atoms with Gasteiger partial charge in [-0.3, -0.25) is 4.98 Å². The lowest BCUT2D eigenvalue weighted by Gasteiger charge is -2.18. The molecule has 3 heterocycles. The van der Waals surface area contributed by atoms with Crippen LogP contribution in [0, 0.1) is 0 Å². The van der Waals surface area contributed by atoms with Gasteiger partial charge in [0.2, 0.25) is 0 Å². The third-order valence-electron chi connectivity index (χ3n) is 3.27. The smallest absolute Gasteiger partial charge is 0.276 e. The first-order valence-electron chi connectivity index (χ1n) is 7.38. The van der Waals surface area contributed by atoms with Gasteiger partial charge in [0, 0.05) is 19.4 Å². The van der Waals surface area contributed by atoms with Crippen molar-refractivity contribution < 1.29 is 19.0 Å². The van der Waals surface area contributed by atoms with Gasteiger partial charge in [-0.15, -0.1) is 10.2 Å². The van der Waals surface area contributed by atoms with Crippen LogP contribution in [0.15, 0.2) is 42.3 Å². The highest BCUT2D eigenvalue weighted by Crippen LogP contribution is 2.29. The van der Waals surface area contributed by atoms with Crippen LogP contribution in [0.5, 0.6) is 11.6 Å². The predicted molar refractivity (Wildman–Crippen MR) is 85.5 cm³/mol. The molecule has 0 N–H and O–H groups in total. The molecule has 8 heteroatoms. The zero-order valence-electron chi connectivity index (χ0n) is 13.5. The molecule has 126 valence electrons. The van der Waals surface area contributed by atoms with Crippen molar-refractivity contribution in [3.05, 3.63) is 48.0 Å². The first-order chi connectivity index (χ1) is 11.8. The molecular weight excluding hydrogens is 312 g/mol. The fraction of sp³-hybridized carbons (Fsp3) is 0.312. The van der Waals surface area contributed by atoms with E-state index in [4.69, 9.17) is 19.0 Å². The lowest BCUT2D eigenvalue weighted by Crippen LogP contribution is -2.20. The maximum atomic E-state index is 5.64. The molecule has 2 aromatic heterocycles. The van der Waals surface area contributed by atoms with Crippen LogP contribution >= 0.6 is 0 Å². The normalized spacial score (nSPS) is 13.4. The first kappa shape index (κ1) is 16.0. The molecule has 0 spiro atoms. The van der Waals surface area contributed by atoms with E-state index in [0.29, 0.717) is 30.6 Å². The van der Waals surface area contributed by atoms with Crippen LogP contribution in [-0.4, -0.2) is 42.6 Å². The third-order valence-corrected chi connectivity index (χ3v) is 3.27. The first-order valence-corrected chi connectivity index (χ1v) is 7.38. The minimum Gasteiger partial charge on any atom is -0.491 e. The number of methoxy groups -OCH3 is 2. The summed E-state index contributed by atoms with van der Waals surface area (Å²) in [6.45, 7) is 1.25. The molecule has 0 radical (unpaired) electrons. The molecule has 24 heavy (non-hydrogen) atoms. The van der Waals surface area contributed by atoms with Gasteiger partial charge in [-0.2, -0.15) is 5.06 Å². The molecule has 8 nitrogen and oxygen atoms in total. The summed E-state index contributed by atoms with van der Waals surface area (Å²) in [7, 11) is 3.16. The Balaban J connectivity index is 1.67. The third kappa shape index (κ3) is 3.72. The van der Waals surface area contributed by atoms with Crippen molar-refractivity contribution in [1.29, 1.82) is 0 Å². The minimum absolute atomic E-state index is 0.283. The lowest BCUT2D eigenvalue weighted by molar-refractivity contribution is 0.132. The molecule has 0 bridgehead atoms. The summed E-state index contributed by atoms with van der Waals surface area (Å²) in [5.41, 5.74) is 0.793. The van der Waals surface area contributed by atoms with Crippen molar-refractivity contribution in [1.82, 2.24) is 15.2 Å². The molecule has 0 aromatic carbocycles. The number of rotatable bonds is 7. The van der Waals surface area contributed by atoms with E-state index >= 15 is 0 Å². The number of nitrogens with zero attached hydrogens (tertiary/aromatic N) is 4. The number of ether oxygens (including phenoxy) is 3. The minimum atomic E-state index is 0.283. The fourth-order valence-corrected chi connectivity index (χ4v) is 2.12. The van der Waals surface area contributed by atoms with Gasteiger partial charge in [0.05, 0.1) is 19.3 Å². The Morgan fingerprint density at radius 3 is 2.88 bits per heavy atom. The lowest BCUT2D eigenvalue weighted by atomic mass is 10.4. The average molecular weight is 330 g/mol. The predicted octanol–water partition coefficient (Wildman–Crippen LogP) is 1.74. The SMILES string of the molecule is COCC1=CCN(c2cc(OC)c(OCc3ccccn3)nn2)O1. The molecule has 0 aliphatic carbocycles. The van der Waals surface area contributed by atoms with Gasteiger partial charge in [0.15, 0.2) is 17.3 Å². The summed E-state index contributed by atoms with van der Waals surface area (Å²) in [6, 6.07) is 7.33. The van der Waals surface area contributed by atoms with Gasteiger partial charge in [0.1, 0.15) is 13.2 Å². The molecule has 0 atom stereocenters.